The molecule has 0 aromatic carbocycles. The lowest BCUT2D eigenvalue weighted by molar-refractivity contribution is 0.283. The lowest BCUT2D eigenvalue weighted by atomic mass is 9.85. The zero-order chi connectivity index (χ0) is 13.9. The maximum atomic E-state index is 5.43. The van der Waals surface area contributed by atoms with E-state index in [2.05, 4.69) is 29.5 Å². The Kier molecular flexibility index (Phi) is 4.40. The molecule has 1 aliphatic rings. The Morgan fingerprint density at radius 3 is 2.53 bits per heavy atom. The van der Waals surface area contributed by atoms with E-state index in [-0.39, 0.29) is 5.54 Å². The van der Waals surface area contributed by atoms with Gasteiger partial charge in [0.05, 0.1) is 0 Å². The van der Waals surface area contributed by atoms with Crippen molar-refractivity contribution in [3.05, 3.63) is 23.9 Å². The summed E-state index contributed by atoms with van der Waals surface area (Å²) in [6.07, 6.45) is 6.83. The van der Waals surface area contributed by atoms with Gasteiger partial charge in [0.25, 0.3) is 0 Å². The molecule has 1 aromatic heterocycles. The normalized spacial score (nSPS) is 17.5. The first-order chi connectivity index (χ1) is 9.02. The van der Waals surface area contributed by atoms with Crippen LogP contribution in [-0.4, -0.2) is 15.6 Å². The van der Waals surface area contributed by atoms with Crippen LogP contribution in [0.15, 0.2) is 18.3 Å². The molecular weight excluding hydrogens is 254 g/mol. The molecule has 19 heavy (non-hydrogen) atoms. The van der Waals surface area contributed by atoms with Gasteiger partial charge in [0.15, 0.2) is 5.11 Å². The largest absolute Gasteiger partial charge is 0.357 e. The van der Waals surface area contributed by atoms with Crippen molar-refractivity contribution in [2.24, 2.45) is 5.92 Å². The molecule has 1 saturated carbocycles. The van der Waals surface area contributed by atoms with E-state index >= 15 is 0 Å². The second kappa shape index (κ2) is 5.87. The quantitative estimate of drug-likeness (QED) is 0.827. The van der Waals surface area contributed by atoms with Gasteiger partial charge in [-0.15, -0.1) is 0 Å². The van der Waals surface area contributed by atoms with E-state index < -0.39 is 0 Å². The summed E-state index contributed by atoms with van der Waals surface area (Å²) in [6.45, 7) is 6.57. The molecule has 2 N–H and O–H groups in total. The van der Waals surface area contributed by atoms with Crippen LogP contribution < -0.4 is 10.6 Å². The van der Waals surface area contributed by atoms with Gasteiger partial charge in [-0.2, -0.15) is 0 Å². The summed E-state index contributed by atoms with van der Waals surface area (Å²) in [4.78, 5) is 4.32. The molecule has 0 bridgehead atoms. The van der Waals surface area contributed by atoms with Gasteiger partial charge in [-0.05, 0) is 49.5 Å². The summed E-state index contributed by atoms with van der Waals surface area (Å²) < 4.78 is 0. The van der Waals surface area contributed by atoms with Crippen molar-refractivity contribution in [3.8, 4) is 0 Å². The van der Waals surface area contributed by atoms with E-state index in [4.69, 9.17) is 12.2 Å². The zero-order valence-corrected chi connectivity index (χ0v) is 12.8. The monoisotopic (exact) mass is 277 g/mol. The standard InChI is InChI=1S/C15H23N3S/c1-11(2)15(8-4-5-9-15)18-14(19)17-13-7-6-12(3)10-16-13/h6-7,10-11H,4-5,8-9H2,1-3H3,(H2,16,17,18,19). The van der Waals surface area contributed by atoms with Crippen molar-refractivity contribution < 1.29 is 0 Å². The molecule has 1 heterocycles. The summed E-state index contributed by atoms with van der Waals surface area (Å²) in [5, 5.41) is 7.41. The average Bonchev–Trinajstić information content (AvgIpc) is 2.82. The minimum absolute atomic E-state index is 0.161. The first-order valence-corrected chi connectivity index (χ1v) is 7.44. The summed E-state index contributed by atoms with van der Waals surface area (Å²) in [7, 11) is 0. The van der Waals surface area contributed by atoms with Crippen LogP contribution in [0, 0.1) is 12.8 Å². The fourth-order valence-electron chi connectivity index (χ4n) is 2.77. The summed E-state index contributed by atoms with van der Waals surface area (Å²) in [5.74, 6) is 1.39. The van der Waals surface area contributed by atoms with Gasteiger partial charge in [-0.3, -0.25) is 0 Å². The van der Waals surface area contributed by atoms with Crippen molar-refractivity contribution >= 4 is 23.1 Å². The number of aromatic nitrogens is 1. The van der Waals surface area contributed by atoms with E-state index in [0.717, 1.165) is 11.4 Å². The number of hydrogen-bond acceptors (Lipinski definition) is 2. The van der Waals surface area contributed by atoms with Gasteiger partial charge in [0.2, 0.25) is 0 Å². The molecule has 1 aliphatic carbocycles. The number of aryl methyl sites for hydroxylation is 1. The number of thiocarbonyl (C=S) groups is 1. The smallest absolute Gasteiger partial charge is 0.172 e. The first-order valence-electron chi connectivity index (χ1n) is 7.04. The van der Waals surface area contributed by atoms with Gasteiger partial charge in [0, 0.05) is 11.7 Å². The van der Waals surface area contributed by atoms with Gasteiger partial charge in [-0.25, -0.2) is 4.98 Å². The van der Waals surface area contributed by atoms with E-state index in [1.807, 2.05) is 25.3 Å². The fourth-order valence-corrected chi connectivity index (χ4v) is 3.08. The number of rotatable bonds is 3. The minimum atomic E-state index is 0.161. The van der Waals surface area contributed by atoms with Crippen molar-refractivity contribution in [1.82, 2.24) is 10.3 Å². The Labute approximate surface area is 121 Å². The highest BCUT2D eigenvalue weighted by molar-refractivity contribution is 7.80. The van der Waals surface area contributed by atoms with Gasteiger partial charge in [0.1, 0.15) is 5.82 Å². The lowest BCUT2D eigenvalue weighted by Gasteiger charge is -2.35. The number of nitrogens with one attached hydrogen (secondary N) is 2. The molecule has 2 rings (SSSR count). The minimum Gasteiger partial charge on any atom is -0.357 e. The summed E-state index contributed by atoms with van der Waals surface area (Å²) in [6, 6.07) is 3.99. The third kappa shape index (κ3) is 3.44. The number of anilines is 1. The van der Waals surface area contributed by atoms with Crippen LogP contribution in [0.1, 0.15) is 45.1 Å². The molecule has 4 heteroatoms. The third-order valence-electron chi connectivity index (χ3n) is 4.12. The second-order valence-electron chi connectivity index (χ2n) is 5.82. The molecular formula is C15H23N3S. The Morgan fingerprint density at radius 1 is 1.32 bits per heavy atom. The van der Waals surface area contributed by atoms with Crippen LogP contribution in [0.2, 0.25) is 0 Å². The lowest BCUT2D eigenvalue weighted by Crippen LogP contribution is -2.51. The maximum absolute atomic E-state index is 5.43. The number of hydrogen-bond donors (Lipinski definition) is 2. The summed E-state index contributed by atoms with van der Waals surface area (Å²) in [5.41, 5.74) is 1.31. The zero-order valence-electron chi connectivity index (χ0n) is 12.0. The summed E-state index contributed by atoms with van der Waals surface area (Å²) >= 11 is 5.43. The molecule has 104 valence electrons. The predicted molar refractivity (Wildman–Crippen MR) is 84.4 cm³/mol. The van der Waals surface area contributed by atoms with Crippen molar-refractivity contribution in [2.45, 2.75) is 52.0 Å². The molecule has 1 fully saturated rings. The van der Waals surface area contributed by atoms with Crippen LogP contribution in [0.5, 0.6) is 0 Å². The van der Waals surface area contributed by atoms with Crippen LogP contribution >= 0.6 is 12.2 Å². The van der Waals surface area contributed by atoms with Crippen LogP contribution in [-0.2, 0) is 0 Å². The molecule has 0 atom stereocenters. The number of pyridine rings is 1. The van der Waals surface area contributed by atoms with Crippen molar-refractivity contribution in [3.63, 3.8) is 0 Å². The highest BCUT2D eigenvalue weighted by Crippen LogP contribution is 2.35. The van der Waals surface area contributed by atoms with Crippen molar-refractivity contribution in [1.29, 1.82) is 0 Å². The molecule has 0 saturated heterocycles. The topological polar surface area (TPSA) is 37.0 Å². The molecule has 0 amide bonds. The first kappa shape index (κ1) is 14.3. The maximum Gasteiger partial charge on any atom is 0.172 e. The predicted octanol–water partition coefficient (Wildman–Crippen LogP) is 3.65. The SMILES string of the molecule is Cc1ccc(NC(=S)NC2(C(C)C)CCCC2)nc1. The molecule has 0 unspecified atom stereocenters. The molecule has 0 radical (unpaired) electrons. The molecule has 3 nitrogen and oxygen atoms in total. The second-order valence-corrected chi connectivity index (χ2v) is 6.23. The van der Waals surface area contributed by atoms with Crippen LogP contribution in [0.3, 0.4) is 0 Å². The van der Waals surface area contributed by atoms with E-state index in [1.165, 1.54) is 25.7 Å². The fraction of sp³-hybridized carbons (Fsp3) is 0.600. The average molecular weight is 277 g/mol. The Bertz CT molecular complexity index is 433. The van der Waals surface area contributed by atoms with Gasteiger partial charge < -0.3 is 10.6 Å². The van der Waals surface area contributed by atoms with Gasteiger partial charge >= 0.3 is 0 Å². The van der Waals surface area contributed by atoms with Crippen molar-refractivity contribution in [2.75, 3.05) is 5.32 Å². The third-order valence-corrected chi connectivity index (χ3v) is 4.32. The van der Waals surface area contributed by atoms with Gasteiger partial charge in [-0.1, -0.05) is 32.8 Å². The highest BCUT2D eigenvalue weighted by Gasteiger charge is 2.37. The Morgan fingerprint density at radius 2 is 2.00 bits per heavy atom. The number of nitrogens with zero attached hydrogens (tertiary/aromatic N) is 1. The Balaban J connectivity index is 1.98. The molecule has 0 spiro atoms. The van der Waals surface area contributed by atoms with Crippen LogP contribution in [0.25, 0.3) is 0 Å². The van der Waals surface area contributed by atoms with E-state index in [0.29, 0.717) is 11.0 Å². The Hall–Kier alpha value is -1.16. The van der Waals surface area contributed by atoms with E-state index in [9.17, 15) is 0 Å². The van der Waals surface area contributed by atoms with Crippen LogP contribution in [0.4, 0.5) is 5.82 Å². The molecule has 1 aromatic rings. The van der Waals surface area contributed by atoms with E-state index in [1.54, 1.807) is 0 Å². The molecule has 0 aliphatic heterocycles. The highest BCUT2D eigenvalue weighted by atomic mass is 32.1.